The lowest BCUT2D eigenvalue weighted by Gasteiger charge is -2.27. The molecule has 0 radical (unpaired) electrons. The van der Waals surface area contributed by atoms with Crippen molar-refractivity contribution in [3.8, 4) is 0 Å². The number of carbonyl (C=O) groups is 3. The van der Waals surface area contributed by atoms with Gasteiger partial charge in [-0.3, -0.25) is 14.5 Å². The lowest BCUT2D eigenvalue weighted by atomic mass is 9.79. The number of benzene rings is 1. The summed E-state index contributed by atoms with van der Waals surface area (Å²) in [4.78, 5) is 37.2. The molecule has 1 saturated carbocycles. The Labute approximate surface area is 160 Å². The highest BCUT2D eigenvalue weighted by Gasteiger charge is 2.29. The minimum atomic E-state index is -0.366. The zero-order chi connectivity index (χ0) is 19.2. The van der Waals surface area contributed by atoms with Crippen LogP contribution in [0, 0.1) is 11.8 Å². The molecule has 146 valence electrons. The van der Waals surface area contributed by atoms with Crippen LogP contribution in [0.3, 0.4) is 0 Å². The fourth-order valence-electron chi connectivity index (χ4n) is 4.00. The van der Waals surface area contributed by atoms with Gasteiger partial charge in [0.2, 0.25) is 11.8 Å². The fraction of sp³-hybridized carbons (Fsp3) is 0.571. The predicted molar refractivity (Wildman–Crippen MR) is 104 cm³/mol. The van der Waals surface area contributed by atoms with Crippen molar-refractivity contribution in [1.82, 2.24) is 10.2 Å². The van der Waals surface area contributed by atoms with Crippen LogP contribution < -0.4 is 10.6 Å². The van der Waals surface area contributed by atoms with Gasteiger partial charge in [0.1, 0.15) is 0 Å². The molecule has 2 aliphatic rings. The fourth-order valence-corrected chi connectivity index (χ4v) is 4.00. The third-order valence-electron chi connectivity index (χ3n) is 5.66. The first-order valence-corrected chi connectivity index (χ1v) is 10.0. The maximum atomic E-state index is 12.6. The van der Waals surface area contributed by atoms with Crippen molar-refractivity contribution in [3.05, 3.63) is 29.8 Å². The van der Waals surface area contributed by atoms with Gasteiger partial charge >= 0.3 is 6.03 Å². The first-order chi connectivity index (χ1) is 13.1. The van der Waals surface area contributed by atoms with Gasteiger partial charge in [-0.25, -0.2) is 4.79 Å². The molecule has 3 rings (SSSR count). The molecular formula is C21H29N3O3. The number of nitrogens with zero attached hydrogens (tertiary/aromatic N) is 1. The minimum Gasteiger partial charge on any atom is -0.329 e. The first kappa shape index (κ1) is 19.4. The molecule has 1 aromatic carbocycles. The number of hydrogen-bond donors (Lipinski definition) is 2. The van der Waals surface area contributed by atoms with Gasteiger partial charge in [0.15, 0.2) is 0 Å². The van der Waals surface area contributed by atoms with Gasteiger partial charge in [-0.2, -0.15) is 0 Å². The van der Waals surface area contributed by atoms with E-state index in [4.69, 9.17) is 0 Å². The lowest BCUT2D eigenvalue weighted by molar-refractivity contribution is -0.125. The highest BCUT2D eigenvalue weighted by atomic mass is 16.2. The zero-order valence-electron chi connectivity index (χ0n) is 16.0. The normalized spacial score (nSPS) is 22.6. The smallest absolute Gasteiger partial charge is 0.324 e. The molecule has 6 nitrogen and oxygen atoms in total. The maximum absolute atomic E-state index is 12.6. The molecule has 27 heavy (non-hydrogen) atoms. The van der Waals surface area contributed by atoms with E-state index in [1.54, 1.807) is 0 Å². The number of unbranched alkanes of at least 4 members (excludes halogenated alkanes) is 1. The van der Waals surface area contributed by atoms with Crippen LogP contribution in [0.4, 0.5) is 10.5 Å². The topological polar surface area (TPSA) is 78.5 Å². The van der Waals surface area contributed by atoms with Crippen LogP contribution in [-0.2, 0) is 16.1 Å². The van der Waals surface area contributed by atoms with Crippen LogP contribution in [-0.4, -0.2) is 29.3 Å². The van der Waals surface area contributed by atoms with Crippen LogP contribution in [0.1, 0.15) is 57.4 Å². The van der Waals surface area contributed by atoms with E-state index in [9.17, 15) is 14.4 Å². The van der Waals surface area contributed by atoms with E-state index in [-0.39, 0.29) is 36.9 Å². The van der Waals surface area contributed by atoms with Gasteiger partial charge in [0, 0.05) is 11.6 Å². The van der Waals surface area contributed by atoms with Gasteiger partial charge in [-0.05, 0) is 49.3 Å². The van der Waals surface area contributed by atoms with Crippen LogP contribution in [0.25, 0.3) is 0 Å². The second kappa shape index (κ2) is 9.02. The molecule has 0 unspecified atom stereocenters. The third kappa shape index (κ3) is 5.08. The average molecular weight is 371 g/mol. The number of hydrogen-bond acceptors (Lipinski definition) is 3. The third-order valence-corrected chi connectivity index (χ3v) is 5.66. The molecule has 4 amide bonds. The minimum absolute atomic E-state index is 0.0518. The van der Waals surface area contributed by atoms with Crippen LogP contribution in [0.15, 0.2) is 24.3 Å². The molecule has 0 aromatic heterocycles. The molecule has 0 spiro atoms. The Kier molecular flexibility index (Phi) is 6.48. The van der Waals surface area contributed by atoms with Crippen molar-refractivity contribution in [1.29, 1.82) is 0 Å². The van der Waals surface area contributed by atoms with Gasteiger partial charge < -0.3 is 10.6 Å². The number of urea groups is 1. The summed E-state index contributed by atoms with van der Waals surface area (Å²) in [5.41, 5.74) is 1.54. The van der Waals surface area contributed by atoms with E-state index >= 15 is 0 Å². The van der Waals surface area contributed by atoms with Crippen molar-refractivity contribution in [3.63, 3.8) is 0 Å². The Hall–Kier alpha value is -2.37. The van der Waals surface area contributed by atoms with Crippen LogP contribution in [0.2, 0.25) is 0 Å². The standard InChI is InChI=1S/C21H29N3O3/c1-2-3-5-15-8-10-17(11-9-15)20(26)23-18-7-4-6-16(12-18)14-24-19(25)13-22-21(24)27/h4,6-7,12,15,17H,2-3,5,8-11,13-14H2,1H3,(H,22,27)(H,23,26). The summed E-state index contributed by atoms with van der Waals surface area (Å²) in [6.07, 6.45) is 8.02. The number of nitrogens with one attached hydrogen (secondary N) is 2. The van der Waals surface area contributed by atoms with E-state index in [2.05, 4.69) is 17.6 Å². The van der Waals surface area contributed by atoms with E-state index in [0.29, 0.717) is 0 Å². The summed E-state index contributed by atoms with van der Waals surface area (Å²) in [7, 11) is 0. The Morgan fingerprint density at radius 1 is 1.22 bits per heavy atom. The largest absolute Gasteiger partial charge is 0.329 e. The number of rotatable bonds is 7. The number of carbonyl (C=O) groups excluding carboxylic acids is 3. The Balaban J connectivity index is 1.53. The predicted octanol–water partition coefficient (Wildman–Crippen LogP) is 3.67. The average Bonchev–Trinajstić information content (AvgIpc) is 2.99. The molecule has 1 aromatic rings. The molecule has 2 fully saturated rings. The summed E-state index contributed by atoms with van der Waals surface area (Å²) >= 11 is 0. The molecule has 1 aliphatic carbocycles. The van der Waals surface area contributed by atoms with Gasteiger partial charge in [0.05, 0.1) is 13.1 Å². The van der Waals surface area contributed by atoms with Crippen molar-refractivity contribution >= 4 is 23.5 Å². The van der Waals surface area contributed by atoms with Crippen molar-refractivity contribution in [2.24, 2.45) is 11.8 Å². The van der Waals surface area contributed by atoms with Crippen LogP contribution >= 0.6 is 0 Å². The Morgan fingerprint density at radius 3 is 2.67 bits per heavy atom. The summed E-state index contributed by atoms with van der Waals surface area (Å²) < 4.78 is 0. The molecule has 1 saturated heterocycles. The molecular weight excluding hydrogens is 342 g/mol. The van der Waals surface area contributed by atoms with E-state index in [1.807, 2.05) is 24.3 Å². The van der Waals surface area contributed by atoms with E-state index in [1.165, 1.54) is 24.2 Å². The molecule has 6 heteroatoms. The highest BCUT2D eigenvalue weighted by molar-refractivity contribution is 6.01. The Morgan fingerprint density at radius 2 is 2.00 bits per heavy atom. The summed E-state index contributed by atoms with van der Waals surface area (Å²) in [5.74, 6) is 0.712. The van der Waals surface area contributed by atoms with E-state index < -0.39 is 0 Å². The SMILES string of the molecule is CCCCC1CCC(C(=O)Nc2cccc(CN3C(=O)CNC3=O)c2)CC1. The monoisotopic (exact) mass is 371 g/mol. The molecule has 2 N–H and O–H groups in total. The number of imide groups is 1. The summed E-state index contributed by atoms with van der Waals surface area (Å²) in [5, 5.41) is 5.53. The molecule has 1 aliphatic heterocycles. The van der Waals surface area contributed by atoms with Gasteiger partial charge in [-0.15, -0.1) is 0 Å². The van der Waals surface area contributed by atoms with Gasteiger partial charge in [0.25, 0.3) is 0 Å². The van der Waals surface area contributed by atoms with Crippen molar-refractivity contribution < 1.29 is 14.4 Å². The molecule has 0 bridgehead atoms. The van der Waals surface area contributed by atoms with Crippen molar-refractivity contribution in [2.45, 2.75) is 58.4 Å². The highest BCUT2D eigenvalue weighted by Crippen LogP contribution is 2.32. The Bertz CT molecular complexity index is 680. The molecule has 1 heterocycles. The first-order valence-electron chi connectivity index (χ1n) is 10.0. The zero-order valence-corrected chi connectivity index (χ0v) is 16.0. The maximum Gasteiger partial charge on any atom is 0.324 e. The van der Waals surface area contributed by atoms with Gasteiger partial charge in [-0.1, -0.05) is 38.3 Å². The lowest BCUT2D eigenvalue weighted by Crippen LogP contribution is -2.30. The second-order valence-corrected chi connectivity index (χ2v) is 7.69. The quantitative estimate of drug-likeness (QED) is 0.718. The summed E-state index contributed by atoms with van der Waals surface area (Å²) in [6.45, 7) is 2.49. The van der Waals surface area contributed by atoms with Crippen LogP contribution in [0.5, 0.6) is 0 Å². The molecule has 0 atom stereocenters. The second-order valence-electron chi connectivity index (χ2n) is 7.69. The number of anilines is 1. The van der Waals surface area contributed by atoms with E-state index in [0.717, 1.165) is 42.9 Å². The number of amides is 4. The van der Waals surface area contributed by atoms with Crippen molar-refractivity contribution in [2.75, 3.05) is 11.9 Å². The summed E-state index contributed by atoms with van der Waals surface area (Å²) in [6, 6.07) is 7.01.